The van der Waals surface area contributed by atoms with Gasteiger partial charge in [0.05, 0.1) is 24.8 Å². The van der Waals surface area contributed by atoms with Crippen molar-refractivity contribution in [2.24, 2.45) is 0 Å². The van der Waals surface area contributed by atoms with Gasteiger partial charge in [-0.1, -0.05) is 0 Å². The molecule has 0 atom stereocenters. The molecule has 0 N–H and O–H groups in total. The smallest absolute Gasteiger partial charge is 0.135 e. The molecule has 82 valence electrons. The Morgan fingerprint density at radius 2 is 2.07 bits per heavy atom. The van der Waals surface area contributed by atoms with Crippen molar-refractivity contribution in [3.05, 3.63) is 22.7 Å². The first-order chi connectivity index (χ1) is 7.31. The van der Waals surface area contributed by atoms with Crippen LogP contribution in [0.15, 0.2) is 22.7 Å². The molecule has 0 radical (unpaired) electrons. The molecular weight excluding hydrogens is 258 g/mol. The van der Waals surface area contributed by atoms with Crippen molar-refractivity contribution in [2.45, 2.75) is 0 Å². The maximum atomic E-state index is 5.32. The minimum absolute atomic E-state index is 0.804. The van der Waals surface area contributed by atoms with Crippen LogP contribution in [0.25, 0.3) is 0 Å². The first-order valence-corrected chi connectivity index (χ1v) is 5.77. The van der Waals surface area contributed by atoms with Gasteiger partial charge in [0, 0.05) is 24.8 Å². The van der Waals surface area contributed by atoms with Crippen LogP contribution in [0.3, 0.4) is 0 Å². The van der Waals surface area contributed by atoms with Crippen molar-refractivity contribution in [1.82, 2.24) is 0 Å². The highest BCUT2D eigenvalue weighted by atomic mass is 79.9. The van der Waals surface area contributed by atoms with E-state index in [4.69, 9.17) is 9.47 Å². The van der Waals surface area contributed by atoms with Crippen molar-refractivity contribution < 1.29 is 9.47 Å². The Balaban J connectivity index is 2.20. The number of benzene rings is 1. The molecule has 1 aromatic carbocycles. The summed E-state index contributed by atoms with van der Waals surface area (Å²) < 4.78 is 11.6. The molecular formula is C11H14BrNO2. The number of hydrogen-bond donors (Lipinski definition) is 0. The summed E-state index contributed by atoms with van der Waals surface area (Å²) in [4.78, 5) is 2.30. The number of halogens is 1. The van der Waals surface area contributed by atoms with Crippen molar-refractivity contribution >= 4 is 21.6 Å². The number of rotatable bonds is 2. The minimum Gasteiger partial charge on any atom is -0.495 e. The fourth-order valence-corrected chi connectivity index (χ4v) is 2.08. The highest BCUT2D eigenvalue weighted by Crippen LogP contribution is 2.29. The van der Waals surface area contributed by atoms with E-state index >= 15 is 0 Å². The van der Waals surface area contributed by atoms with Gasteiger partial charge >= 0.3 is 0 Å². The lowest BCUT2D eigenvalue weighted by Crippen LogP contribution is -2.36. The molecule has 1 aliphatic heterocycles. The number of methoxy groups -OCH3 is 1. The van der Waals surface area contributed by atoms with Crippen molar-refractivity contribution in [3.8, 4) is 5.75 Å². The van der Waals surface area contributed by atoms with E-state index < -0.39 is 0 Å². The highest BCUT2D eigenvalue weighted by molar-refractivity contribution is 9.10. The lowest BCUT2D eigenvalue weighted by atomic mass is 10.2. The topological polar surface area (TPSA) is 21.7 Å². The zero-order chi connectivity index (χ0) is 10.7. The second-order valence-corrected chi connectivity index (χ2v) is 4.27. The van der Waals surface area contributed by atoms with Gasteiger partial charge in [-0.15, -0.1) is 0 Å². The van der Waals surface area contributed by atoms with Crippen LogP contribution >= 0.6 is 15.9 Å². The van der Waals surface area contributed by atoms with Gasteiger partial charge in [0.15, 0.2) is 0 Å². The Morgan fingerprint density at radius 3 is 2.73 bits per heavy atom. The van der Waals surface area contributed by atoms with E-state index in [1.165, 1.54) is 5.69 Å². The molecule has 0 aromatic heterocycles. The molecule has 1 heterocycles. The monoisotopic (exact) mass is 271 g/mol. The summed E-state index contributed by atoms with van der Waals surface area (Å²) in [5.74, 6) is 0.874. The molecule has 0 spiro atoms. The van der Waals surface area contributed by atoms with Gasteiger partial charge < -0.3 is 14.4 Å². The first-order valence-electron chi connectivity index (χ1n) is 4.97. The Morgan fingerprint density at radius 1 is 1.33 bits per heavy atom. The quantitative estimate of drug-likeness (QED) is 0.824. The first kappa shape index (κ1) is 10.8. The summed E-state index contributed by atoms with van der Waals surface area (Å²) in [6.45, 7) is 3.51. The molecule has 15 heavy (non-hydrogen) atoms. The van der Waals surface area contributed by atoms with Crippen LogP contribution in [0.1, 0.15) is 0 Å². The zero-order valence-electron chi connectivity index (χ0n) is 8.70. The van der Waals surface area contributed by atoms with Gasteiger partial charge in [0.2, 0.25) is 0 Å². The number of anilines is 1. The largest absolute Gasteiger partial charge is 0.495 e. The van der Waals surface area contributed by atoms with Crippen molar-refractivity contribution in [1.29, 1.82) is 0 Å². The minimum atomic E-state index is 0.804. The van der Waals surface area contributed by atoms with E-state index in [-0.39, 0.29) is 0 Å². The van der Waals surface area contributed by atoms with E-state index in [9.17, 15) is 0 Å². The van der Waals surface area contributed by atoms with Crippen LogP contribution in [-0.2, 0) is 4.74 Å². The third-order valence-corrected chi connectivity index (χ3v) is 3.17. The van der Waals surface area contributed by atoms with Gasteiger partial charge in [-0.2, -0.15) is 0 Å². The highest BCUT2D eigenvalue weighted by Gasteiger charge is 2.12. The number of morpholine rings is 1. The Hall–Kier alpha value is -0.740. The summed E-state index contributed by atoms with van der Waals surface area (Å²) in [6, 6.07) is 6.16. The molecule has 3 nitrogen and oxygen atoms in total. The summed E-state index contributed by atoms with van der Waals surface area (Å²) in [5, 5.41) is 0. The number of ether oxygens (including phenoxy) is 2. The van der Waals surface area contributed by atoms with Gasteiger partial charge in [-0.3, -0.25) is 0 Å². The van der Waals surface area contributed by atoms with E-state index in [0.29, 0.717) is 0 Å². The third-order valence-electron chi connectivity index (χ3n) is 2.51. The predicted octanol–water partition coefficient (Wildman–Crippen LogP) is 2.29. The molecule has 0 bridgehead atoms. The van der Waals surface area contributed by atoms with Crippen molar-refractivity contribution in [3.63, 3.8) is 0 Å². The molecule has 1 fully saturated rings. The normalized spacial score (nSPS) is 16.5. The van der Waals surface area contributed by atoms with E-state index in [0.717, 1.165) is 36.5 Å². The fourth-order valence-electron chi connectivity index (χ4n) is 1.67. The molecule has 1 saturated heterocycles. The van der Waals surface area contributed by atoms with E-state index in [1.54, 1.807) is 7.11 Å². The zero-order valence-corrected chi connectivity index (χ0v) is 10.3. The Kier molecular flexibility index (Phi) is 3.49. The number of hydrogen-bond acceptors (Lipinski definition) is 3. The standard InChI is InChI=1S/C11H14BrNO2/c1-14-11-8-9(2-3-10(11)12)13-4-6-15-7-5-13/h2-3,8H,4-7H2,1H3. The second-order valence-electron chi connectivity index (χ2n) is 3.42. The van der Waals surface area contributed by atoms with Gasteiger partial charge in [0.25, 0.3) is 0 Å². The lowest BCUT2D eigenvalue weighted by Gasteiger charge is -2.29. The van der Waals surface area contributed by atoms with E-state index in [1.807, 2.05) is 6.07 Å². The van der Waals surface area contributed by atoms with Crippen LogP contribution < -0.4 is 9.64 Å². The van der Waals surface area contributed by atoms with Crippen molar-refractivity contribution in [2.75, 3.05) is 38.3 Å². The van der Waals surface area contributed by atoms with Gasteiger partial charge in [-0.25, -0.2) is 0 Å². The Labute approximate surface area is 98.1 Å². The fraction of sp³-hybridized carbons (Fsp3) is 0.455. The summed E-state index contributed by atoms with van der Waals surface area (Å²) >= 11 is 3.45. The molecule has 0 unspecified atom stereocenters. The van der Waals surface area contributed by atoms with Gasteiger partial charge in [0.1, 0.15) is 5.75 Å². The van der Waals surface area contributed by atoms with E-state index in [2.05, 4.69) is 33.0 Å². The SMILES string of the molecule is COc1cc(N2CCOCC2)ccc1Br. The molecule has 0 saturated carbocycles. The maximum absolute atomic E-state index is 5.32. The van der Waals surface area contributed by atoms with Crippen LogP contribution in [0.5, 0.6) is 5.75 Å². The van der Waals surface area contributed by atoms with Gasteiger partial charge in [-0.05, 0) is 28.1 Å². The maximum Gasteiger partial charge on any atom is 0.135 e. The van der Waals surface area contributed by atoms with Crippen LogP contribution in [-0.4, -0.2) is 33.4 Å². The average Bonchev–Trinajstić information content (AvgIpc) is 2.31. The van der Waals surface area contributed by atoms with Crippen LogP contribution in [0, 0.1) is 0 Å². The summed E-state index contributed by atoms with van der Waals surface area (Å²) in [5.41, 5.74) is 1.19. The van der Waals surface area contributed by atoms with Crippen LogP contribution in [0.4, 0.5) is 5.69 Å². The predicted molar refractivity (Wildman–Crippen MR) is 63.7 cm³/mol. The summed E-state index contributed by atoms with van der Waals surface area (Å²) in [7, 11) is 1.68. The molecule has 1 aromatic rings. The lowest BCUT2D eigenvalue weighted by molar-refractivity contribution is 0.122. The van der Waals surface area contributed by atoms with Crippen LogP contribution in [0.2, 0.25) is 0 Å². The molecule has 1 aliphatic rings. The Bertz CT molecular complexity index is 337. The molecule has 2 rings (SSSR count). The molecule has 0 amide bonds. The molecule has 0 aliphatic carbocycles. The summed E-state index contributed by atoms with van der Waals surface area (Å²) in [6.07, 6.45) is 0. The molecule has 4 heteroatoms. The second kappa shape index (κ2) is 4.86. The average molecular weight is 272 g/mol. The third kappa shape index (κ3) is 2.44. The number of nitrogens with zero attached hydrogens (tertiary/aromatic N) is 1.